The second-order valence-electron chi connectivity index (χ2n) is 6.31. The Balaban J connectivity index is 1.95. The van der Waals surface area contributed by atoms with Crippen molar-refractivity contribution in [3.05, 3.63) is 58.6 Å². The van der Waals surface area contributed by atoms with Crippen molar-refractivity contribution in [3.63, 3.8) is 0 Å². The number of hydrogen-bond acceptors (Lipinski definition) is 3. The molecule has 2 rings (SSSR count). The van der Waals surface area contributed by atoms with Gasteiger partial charge in [-0.2, -0.15) is 0 Å². The average Bonchev–Trinajstić information content (AvgIpc) is 2.55. The van der Waals surface area contributed by atoms with Crippen LogP contribution in [-0.2, 0) is 17.8 Å². The first kappa shape index (κ1) is 19.1. The van der Waals surface area contributed by atoms with E-state index < -0.39 is 11.9 Å². The largest absolute Gasteiger partial charge is 0.491 e. The van der Waals surface area contributed by atoms with Gasteiger partial charge in [0.15, 0.2) is 0 Å². The topological polar surface area (TPSA) is 55.8 Å². The second-order valence-corrected chi connectivity index (χ2v) is 6.71. The zero-order chi connectivity index (χ0) is 18.4. The molecule has 0 aliphatic heterocycles. The Labute approximate surface area is 153 Å². The molecule has 0 saturated heterocycles. The summed E-state index contributed by atoms with van der Waals surface area (Å²) in [7, 11) is 0. The Morgan fingerprint density at radius 3 is 2.28 bits per heavy atom. The second kappa shape index (κ2) is 8.77. The normalized spacial score (nSPS) is 12.0. The van der Waals surface area contributed by atoms with E-state index in [0.717, 1.165) is 16.9 Å². The van der Waals surface area contributed by atoms with Gasteiger partial charge in [-0.15, -0.1) is 0 Å². The van der Waals surface area contributed by atoms with Crippen LogP contribution < -0.4 is 9.47 Å². The first-order chi connectivity index (χ1) is 11.8. The highest BCUT2D eigenvalue weighted by Crippen LogP contribution is 2.27. The van der Waals surface area contributed by atoms with Gasteiger partial charge in [-0.1, -0.05) is 36.7 Å². The maximum absolute atomic E-state index is 10.9. The molecule has 2 aromatic rings. The van der Waals surface area contributed by atoms with Gasteiger partial charge in [-0.05, 0) is 55.7 Å². The summed E-state index contributed by atoms with van der Waals surface area (Å²) in [5, 5.41) is 9.46. The van der Waals surface area contributed by atoms with E-state index in [0.29, 0.717) is 23.8 Å². The van der Waals surface area contributed by atoms with Gasteiger partial charge in [0, 0.05) is 0 Å². The zero-order valence-electron chi connectivity index (χ0n) is 14.7. The first-order valence-corrected chi connectivity index (χ1v) is 8.62. The Bertz CT molecular complexity index is 710. The van der Waals surface area contributed by atoms with Gasteiger partial charge >= 0.3 is 5.97 Å². The Hall–Kier alpha value is -2.20. The van der Waals surface area contributed by atoms with E-state index in [9.17, 15) is 4.79 Å². The van der Waals surface area contributed by atoms with E-state index in [1.165, 1.54) is 0 Å². The molecule has 0 heterocycles. The van der Waals surface area contributed by atoms with Gasteiger partial charge < -0.3 is 14.6 Å². The van der Waals surface area contributed by atoms with Crippen LogP contribution in [0, 0.1) is 5.92 Å². The molecule has 2 aromatic carbocycles. The van der Waals surface area contributed by atoms with Crippen LogP contribution in [0.4, 0.5) is 0 Å². The molecule has 0 amide bonds. The molecule has 1 unspecified atom stereocenters. The summed E-state index contributed by atoms with van der Waals surface area (Å²) < 4.78 is 11.4. The Morgan fingerprint density at radius 2 is 1.72 bits per heavy atom. The maximum Gasteiger partial charge on any atom is 0.306 e. The molecule has 134 valence electrons. The summed E-state index contributed by atoms with van der Waals surface area (Å²) >= 11 is 6.25. The van der Waals surface area contributed by atoms with Gasteiger partial charge in [0.1, 0.15) is 18.1 Å². The lowest BCUT2D eigenvalue weighted by atomic mass is 10.0. The van der Waals surface area contributed by atoms with Crippen LogP contribution in [0.5, 0.6) is 11.5 Å². The molecule has 1 N–H and O–H groups in total. The number of ether oxygens (including phenoxy) is 2. The van der Waals surface area contributed by atoms with E-state index in [2.05, 4.69) is 0 Å². The van der Waals surface area contributed by atoms with Crippen molar-refractivity contribution in [3.8, 4) is 11.5 Å². The van der Waals surface area contributed by atoms with Gasteiger partial charge in [-0.25, -0.2) is 0 Å². The summed E-state index contributed by atoms with van der Waals surface area (Å²) in [5.41, 5.74) is 1.89. The summed E-state index contributed by atoms with van der Waals surface area (Å²) in [6, 6.07) is 13.1. The minimum Gasteiger partial charge on any atom is -0.491 e. The summed E-state index contributed by atoms with van der Waals surface area (Å²) in [6.45, 7) is 6.04. The lowest BCUT2D eigenvalue weighted by Gasteiger charge is -2.12. The highest BCUT2D eigenvalue weighted by atomic mass is 35.5. The monoisotopic (exact) mass is 362 g/mol. The number of aliphatic carboxylic acids is 1. The smallest absolute Gasteiger partial charge is 0.306 e. The molecule has 0 fully saturated rings. The Kier molecular flexibility index (Phi) is 6.71. The fourth-order valence-electron chi connectivity index (χ4n) is 2.33. The predicted octanol–water partition coefficient (Wildman–Crippen LogP) is 4.97. The van der Waals surface area contributed by atoms with Crippen LogP contribution in [0.3, 0.4) is 0 Å². The number of benzene rings is 2. The minimum absolute atomic E-state index is 0.142. The quantitative estimate of drug-likeness (QED) is 0.720. The summed E-state index contributed by atoms with van der Waals surface area (Å²) in [5.74, 6) is 0.139. The molecule has 25 heavy (non-hydrogen) atoms. The van der Waals surface area contributed by atoms with Crippen LogP contribution in [0.1, 0.15) is 31.9 Å². The molecule has 0 spiro atoms. The third kappa shape index (κ3) is 5.98. The number of halogens is 1. The van der Waals surface area contributed by atoms with Crippen molar-refractivity contribution in [2.75, 3.05) is 0 Å². The molecule has 1 atom stereocenters. The number of carbonyl (C=O) groups is 1. The molecule has 0 radical (unpaired) electrons. The van der Waals surface area contributed by atoms with E-state index in [1.54, 1.807) is 19.1 Å². The lowest BCUT2D eigenvalue weighted by molar-refractivity contribution is -0.141. The third-order valence-corrected chi connectivity index (χ3v) is 3.94. The highest BCUT2D eigenvalue weighted by molar-refractivity contribution is 6.32. The molecule has 0 bridgehead atoms. The SMILES string of the molecule is CC(C)Oc1ccc(COc2ccc(CC(C)C(=O)O)cc2Cl)cc1. The molecule has 0 aliphatic rings. The molecule has 0 saturated carbocycles. The third-order valence-electron chi connectivity index (χ3n) is 3.65. The molecular weight excluding hydrogens is 340 g/mol. The molecule has 4 nitrogen and oxygen atoms in total. The van der Waals surface area contributed by atoms with Crippen molar-refractivity contribution in [2.45, 2.75) is 39.9 Å². The van der Waals surface area contributed by atoms with Crippen LogP contribution in [0.2, 0.25) is 5.02 Å². The van der Waals surface area contributed by atoms with E-state index in [4.69, 9.17) is 26.2 Å². The van der Waals surface area contributed by atoms with E-state index >= 15 is 0 Å². The van der Waals surface area contributed by atoms with Crippen LogP contribution >= 0.6 is 11.6 Å². The van der Waals surface area contributed by atoms with Gasteiger partial charge in [-0.3, -0.25) is 4.79 Å². The fourth-order valence-corrected chi connectivity index (χ4v) is 2.58. The predicted molar refractivity (Wildman–Crippen MR) is 98.5 cm³/mol. The number of carboxylic acids is 1. The standard InChI is InChI=1S/C20H23ClO4/c1-13(2)25-17-7-4-15(5-8-17)12-24-19-9-6-16(11-18(19)21)10-14(3)20(22)23/h4-9,11,13-14H,10,12H2,1-3H3,(H,22,23). The van der Waals surface area contributed by atoms with Crippen molar-refractivity contribution >= 4 is 17.6 Å². The first-order valence-electron chi connectivity index (χ1n) is 8.24. The fraction of sp³-hybridized carbons (Fsp3) is 0.350. The lowest BCUT2D eigenvalue weighted by Crippen LogP contribution is -2.12. The van der Waals surface area contributed by atoms with Crippen molar-refractivity contribution in [2.24, 2.45) is 5.92 Å². The average molecular weight is 363 g/mol. The number of rotatable bonds is 8. The van der Waals surface area contributed by atoms with Gasteiger partial charge in [0.05, 0.1) is 17.0 Å². The minimum atomic E-state index is -0.818. The Morgan fingerprint density at radius 1 is 1.08 bits per heavy atom. The zero-order valence-corrected chi connectivity index (χ0v) is 15.4. The van der Waals surface area contributed by atoms with Crippen molar-refractivity contribution < 1.29 is 19.4 Å². The molecular formula is C20H23ClO4. The number of carboxylic acid groups (broad SMARTS) is 1. The van der Waals surface area contributed by atoms with Gasteiger partial charge in [0.25, 0.3) is 0 Å². The molecule has 5 heteroatoms. The molecule has 0 aliphatic carbocycles. The highest BCUT2D eigenvalue weighted by Gasteiger charge is 2.13. The van der Waals surface area contributed by atoms with Crippen molar-refractivity contribution in [1.82, 2.24) is 0 Å². The van der Waals surface area contributed by atoms with E-state index in [1.807, 2.05) is 44.2 Å². The van der Waals surface area contributed by atoms with E-state index in [-0.39, 0.29) is 6.10 Å². The van der Waals surface area contributed by atoms with Crippen LogP contribution in [0.15, 0.2) is 42.5 Å². The van der Waals surface area contributed by atoms with Crippen LogP contribution in [0.25, 0.3) is 0 Å². The molecule has 0 aromatic heterocycles. The van der Waals surface area contributed by atoms with Crippen LogP contribution in [-0.4, -0.2) is 17.2 Å². The number of hydrogen-bond donors (Lipinski definition) is 1. The summed E-state index contributed by atoms with van der Waals surface area (Å²) in [6.07, 6.45) is 0.579. The summed E-state index contributed by atoms with van der Waals surface area (Å²) in [4.78, 5) is 10.9. The van der Waals surface area contributed by atoms with Gasteiger partial charge in [0.2, 0.25) is 0 Å². The van der Waals surface area contributed by atoms with Crippen molar-refractivity contribution in [1.29, 1.82) is 0 Å². The maximum atomic E-state index is 10.9.